The fourth-order valence-corrected chi connectivity index (χ4v) is 7.44. The Morgan fingerprint density at radius 2 is 0.543 bits per heavy atom. The maximum absolute atomic E-state index is 13.8. The Morgan fingerprint density at radius 3 is 0.739 bits per heavy atom. The summed E-state index contributed by atoms with van der Waals surface area (Å²) in [6, 6.07) is -0.0243. The second-order valence-electron chi connectivity index (χ2n) is 13.9. The van der Waals surface area contributed by atoms with E-state index < -0.39 is 61.6 Å². The van der Waals surface area contributed by atoms with E-state index in [0.717, 1.165) is 138 Å². The van der Waals surface area contributed by atoms with Gasteiger partial charge < -0.3 is 31.1 Å². The Hall–Kier alpha value is -3.18. The smallest absolute Gasteiger partial charge is 0.313 e. The number of carbonyl (C=O) groups is 6. The summed E-state index contributed by atoms with van der Waals surface area (Å²) in [5, 5.41) is 11.9. The van der Waals surface area contributed by atoms with Gasteiger partial charge >= 0.3 is 11.8 Å². The van der Waals surface area contributed by atoms with Gasteiger partial charge in [0.1, 0.15) is 26.2 Å². The van der Waals surface area contributed by atoms with Gasteiger partial charge in [0.25, 0.3) is 0 Å². The molecule has 0 aromatic rings. The molecule has 0 saturated heterocycles. The number of nitrogens with zero attached hydrogens (tertiary/aromatic N) is 2. The van der Waals surface area contributed by atoms with E-state index in [1.165, 1.54) is 0 Å². The van der Waals surface area contributed by atoms with Crippen molar-refractivity contribution >= 4 is 35.4 Å². The molecule has 4 aliphatic carbocycles. The molecule has 0 heterocycles. The Bertz CT molecular complexity index is 895. The average Bonchev–Trinajstić information content (AvgIpc) is 3.05. The van der Waals surface area contributed by atoms with E-state index in [4.69, 9.17) is 0 Å². The highest BCUT2D eigenvalue weighted by Gasteiger charge is 2.33. The highest BCUT2D eigenvalue weighted by atomic mass is 16.2. The van der Waals surface area contributed by atoms with Gasteiger partial charge in [0.2, 0.25) is 23.6 Å². The number of nitrogens with one attached hydrogen (secondary N) is 4. The highest BCUT2D eigenvalue weighted by Crippen LogP contribution is 2.20. The largest absolute Gasteiger partial charge is 0.352 e. The van der Waals surface area contributed by atoms with E-state index in [2.05, 4.69) is 21.3 Å². The SMILES string of the molecule is O=C(CN(CC(=O)NC1CCCCC1)C(=O)C(=O)N(CC(=O)NC1CCCCC1)CC(=O)NC1CCCCC1)NC1CCCCC1. The van der Waals surface area contributed by atoms with Gasteiger partial charge in [-0.1, -0.05) is 77.0 Å². The minimum atomic E-state index is -1.08. The van der Waals surface area contributed by atoms with Crippen LogP contribution in [0.15, 0.2) is 0 Å². The lowest BCUT2D eigenvalue weighted by Gasteiger charge is -2.30. The van der Waals surface area contributed by atoms with Gasteiger partial charge in [-0.2, -0.15) is 0 Å². The molecule has 12 heteroatoms. The maximum Gasteiger partial charge on any atom is 0.313 e. The zero-order valence-electron chi connectivity index (χ0n) is 27.6. The summed E-state index contributed by atoms with van der Waals surface area (Å²) in [6.07, 6.45) is 19.3. The highest BCUT2D eigenvalue weighted by molar-refractivity contribution is 6.36. The molecule has 0 unspecified atom stereocenters. The third kappa shape index (κ3) is 12.2. The molecule has 0 aromatic carbocycles. The fraction of sp³-hybridized carbons (Fsp3) is 0.824. The first-order chi connectivity index (χ1) is 22.3. The molecule has 4 saturated carbocycles. The van der Waals surface area contributed by atoms with Crippen LogP contribution in [0.1, 0.15) is 128 Å². The summed E-state index contributed by atoms with van der Waals surface area (Å²) >= 11 is 0. The molecule has 258 valence electrons. The van der Waals surface area contributed by atoms with Crippen molar-refractivity contribution in [3.63, 3.8) is 0 Å². The van der Waals surface area contributed by atoms with Gasteiger partial charge in [-0.25, -0.2) is 0 Å². The van der Waals surface area contributed by atoms with Gasteiger partial charge in [-0.15, -0.1) is 0 Å². The van der Waals surface area contributed by atoms with Crippen molar-refractivity contribution < 1.29 is 28.8 Å². The number of amides is 6. The molecular formula is C34H56N6O6. The topological polar surface area (TPSA) is 157 Å². The van der Waals surface area contributed by atoms with Crippen molar-refractivity contribution in [1.82, 2.24) is 31.1 Å². The third-order valence-corrected chi connectivity index (χ3v) is 9.98. The maximum atomic E-state index is 13.8. The van der Waals surface area contributed by atoms with Crippen molar-refractivity contribution in [2.24, 2.45) is 0 Å². The molecule has 4 fully saturated rings. The molecule has 0 spiro atoms. The van der Waals surface area contributed by atoms with Gasteiger partial charge in [0.05, 0.1) is 0 Å². The van der Waals surface area contributed by atoms with E-state index >= 15 is 0 Å². The van der Waals surface area contributed by atoms with Crippen molar-refractivity contribution in [1.29, 1.82) is 0 Å². The quantitative estimate of drug-likeness (QED) is 0.239. The van der Waals surface area contributed by atoms with Crippen molar-refractivity contribution in [2.75, 3.05) is 26.2 Å². The lowest BCUT2D eigenvalue weighted by atomic mass is 9.95. The number of rotatable bonds is 12. The molecule has 4 rings (SSSR count). The lowest BCUT2D eigenvalue weighted by Crippen LogP contribution is -2.56. The number of hydrogen-bond donors (Lipinski definition) is 4. The first-order valence-corrected chi connectivity index (χ1v) is 18.0. The molecule has 0 atom stereocenters. The van der Waals surface area contributed by atoms with Gasteiger partial charge in [-0.05, 0) is 51.4 Å². The molecule has 4 N–H and O–H groups in total. The zero-order valence-corrected chi connectivity index (χ0v) is 27.6. The predicted molar refractivity (Wildman–Crippen MR) is 173 cm³/mol. The summed E-state index contributed by atoms with van der Waals surface area (Å²) in [4.78, 5) is 81.9. The van der Waals surface area contributed by atoms with Crippen LogP contribution in [0.2, 0.25) is 0 Å². The van der Waals surface area contributed by atoms with Crippen LogP contribution in [0.3, 0.4) is 0 Å². The van der Waals surface area contributed by atoms with Crippen LogP contribution in [0.4, 0.5) is 0 Å². The molecular weight excluding hydrogens is 588 g/mol. The minimum absolute atomic E-state index is 0.00608. The van der Waals surface area contributed by atoms with Crippen LogP contribution in [-0.4, -0.2) is 95.6 Å². The monoisotopic (exact) mass is 644 g/mol. The lowest BCUT2D eigenvalue weighted by molar-refractivity contribution is -0.155. The zero-order chi connectivity index (χ0) is 32.7. The van der Waals surface area contributed by atoms with Crippen LogP contribution >= 0.6 is 0 Å². The Kier molecular flexibility index (Phi) is 14.6. The molecule has 0 aliphatic heterocycles. The van der Waals surface area contributed by atoms with Crippen LogP contribution in [0.5, 0.6) is 0 Å². The first-order valence-electron chi connectivity index (χ1n) is 18.0. The Labute approximate surface area is 273 Å². The molecule has 46 heavy (non-hydrogen) atoms. The van der Waals surface area contributed by atoms with Gasteiger partial charge in [0.15, 0.2) is 0 Å². The average molecular weight is 645 g/mol. The molecule has 4 aliphatic rings. The summed E-state index contributed by atoms with van der Waals surface area (Å²) in [7, 11) is 0. The Balaban J connectivity index is 1.45. The molecule has 0 aromatic heterocycles. The summed E-state index contributed by atoms with van der Waals surface area (Å²) < 4.78 is 0. The summed E-state index contributed by atoms with van der Waals surface area (Å²) in [5.74, 6) is -3.89. The van der Waals surface area contributed by atoms with Crippen LogP contribution in [-0.2, 0) is 28.8 Å². The third-order valence-electron chi connectivity index (χ3n) is 9.98. The number of carbonyl (C=O) groups excluding carboxylic acids is 6. The van der Waals surface area contributed by atoms with Crippen molar-refractivity contribution in [2.45, 2.75) is 153 Å². The summed E-state index contributed by atoms with van der Waals surface area (Å²) in [5.41, 5.74) is 0. The minimum Gasteiger partial charge on any atom is -0.352 e. The van der Waals surface area contributed by atoms with E-state index in [1.54, 1.807) is 0 Å². The molecule has 0 bridgehead atoms. The fourth-order valence-electron chi connectivity index (χ4n) is 7.44. The Morgan fingerprint density at radius 1 is 0.348 bits per heavy atom. The van der Waals surface area contributed by atoms with Crippen molar-refractivity contribution in [3.05, 3.63) is 0 Å². The second kappa shape index (κ2) is 18.8. The first kappa shape index (κ1) is 35.7. The van der Waals surface area contributed by atoms with Crippen molar-refractivity contribution in [3.8, 4) is 0 Å². The van der Waals surface area contributed by atoms with Gasteiger partial charge in [-0.3, -0.25) is 28.8 Å². The summed E-state index contributed by atoms with van der Waals surface area (Å²) in [6.45, 7) is -1.85. The predicted octanol–water partition coefficient (Wildman–Crippen LogP) is 2.44. The van der Waals surface area contributed by atoms with Gasteiger partial charge in [0, 0.05) is 24.2 Å². The van der Waals surface area contributed by atoms with E-state index in [1.807, 2.05) is 0 Å². The second-order valence-corrected chi connectivity index (χ2v) is 13.9. The van der Waals surface area contributed by atoms with Crippen LogP contribution in [0, 0.1) is 0 Å². The molecule has 12 nitrogen and oxygen atoms in total. The van der Waals surface area contributed by atoms with Crippen LogP contribution < -0.4 is 21.3 Å². The van der Waals surface area contributed by atoms with E-state index in [9.17, 15) is 28.8 Å². The van der Waals surface area contributed by atoms with E-state index in [-0.39, 0.29) is 24.2 Å². The molecule has 6 amide bonds. The van der Waals surface area contributed by atoms with E-state index in [0.29, 0.717) is 0 Å². The molecule has 0 radical (unpaired) electrons. The normalized spacial score (nSPS) is 20.3. The number of hydrogen-bond acceptors (Lipinski definition) is 6. The standard InChI is InChI=1S/C34H56N6O6/c41-29(35-25-13-5-1-6-14-25)21-39(22-30(42)36-26-15-7-2-8-16-26)33(45)34(46)40(23-31(43)37-27-17-9-3-10-18-27)24-32(44)38-28-19-11-4-12-20-28/h25-28H,1-24H2,(H,35,41)(H,36,42)(H,37,43)(H,38,44). The van der Waals surface area contributed by atoms with Crippen LogP contribution in [0.25, 0.3) is 0 Å².